The molecule has 0 amide bonds. The molecule has 0 aliphatic heterocycles. The van der Waals surface area contributed by atoms with Crippen molar-refractivity contribution < 1.29 is 9.13 Å². The lowest BCUT2D eigenvalue weighted by Gasteiger charge is -2.12. The monoisotopic (exact) mass is 431 g/mol. The van der Waals surface area contributed by atoms with Crippen LogP contribution in [0, 0.1) is 17.1 Å². The largest absolute Gasteiger partial charge is 0.486 e. The minimum atomic E-state index is -0.418. The van der Waals surface area contributed by atoms with E-state index < -0.39 is 5.82 Å². The Kier molecular flexibility index (Phi) is 6.59. The fourth-order valence-corrected chi connectivity index (χ4v) is 3.37. The Morgan fingerprint density at radius 2 is 1.68 bits per heavy atom. The van der Waals surface area contributed by atoms with Crippen LogP contribution in [0.5, 0.6) is 5.75 Å². The van der Waals surface area contributed by atoms with Crippen molar-refractivity contribution in [3.63, 3.8) is 0 Å². The van der Waals surface area contributed by atoms with Crippen LogP contribution in [0.3, 0.4) is 0 Å². The van der Waals surface area contributed by atoms with Crippen LogP contribution in [0.25, 0.3) is 11.6 Å². The molecule has 0 atom stereocenters. The summed E-state index contributed by atoms with van der Waals surface area (Å²) < 4.78 is 19.2. The second-order valence-electron chi connectivity index (χ2n) is 5.87. The van der Waals surface area contributed by atoms with Crippen molar-refractivity contribution in [2.75, 3.05) is 0 Å². The number of rotatable bonds is 5. The normalized spacial score (nSPS) is 11.2. The number of benzene rings is 3. The number of hydrogen-bond acceptors (Lipinski definition) is 2. The summed E-state index contributed by atoms with van der Waals surface area (Å²) in [7, 11) is 0. The van der Waals surface area contributed by atoms with Gasteiger partial charge in [-0.1, -0.05) is 65.1 Å². The van der Waals surface area contributed by atoms with Gasteiger partial charge in [0.25, 0.3) is 0 Å². The highest BCUT2D eigenvalue weighted by atomic mass is 35.5. The van der Waals surface area contributed by atoms with Gasteiger partial charge in [0, 0.05) is 10.6 Å². The Hall–Kier alpha value is -2.51. The fraction of sp³-hybridized carbons (Fsp3) is 0.0455. The molecule has 140 valence electrons. The third-order valence-corrected chi connectivity index (χ3v) is 4.85. The third-order valence-electron chi connectivity index (χ3n) is 3.92. The minimum absolute atomic E-state index is 0.209. The molecule has 0 spiro atoms. The molecule has 2 nitrogen and oxygen atoms in total. The Morgan fingerprint density at radius 3 is 2.32 bits per heavy atom. The van der Waals surface area contributed by atoms with E-state index in [2.05, 4.69) is 6.07 Å². The summed E-state index contributed by atoms with van der Waals surface area (Å²) in [4.78, 5) is 0. The van der Waals surface area contributed by atoms with Gasteiger partial charge in [-0.25, -0.2) is 4.39 Å². The number of halogens is 4. The fourth-order valence-electron chi connectivity index (χ4n) is 2.57. The maximum Gasteiger partial charge on any atom is 0.157 e. The van der Waals surface area contributed by atoms with Crippen LogP contribution in [-0.2, 0) is 6.61 Å². The van der Waals surface area contributed by atoms with Crippen molar-refractivity contribution in [2.24, 2.45) is 0 Å². The molecule has 0 bridgehead atoms. The van der Waals surface area contributed by atoms with Crippen LogP contribution < -0.4 is 4.74 Å². The lowest BCUT2D eigenvalue weighted by atomic mass is 10.0. The Labute approximate surface area is 177 Å². The maximum atomic E-state index is 13.4. The topological polar surface area (TPSA) is 33.0 Å². The van der Waals surface area contributed by atoms with Crippen molar-refractivity contribution in [2.45, 2.75) is 6.61 Å². The van der Waals surface area contributed by atoms with Crippen molar-refractivity contribution in [3.8, 4) is 11.8 Å². The first kappa shape index (κ1) is 20.2. The highest BCUT2D eigenvalue weighted by Gasteiger charge is 2.11. The molecule has 3 rings (SSSR count). The van der Waals surface area contributed by atoms with Gasteiger partial charge in [0.2, 0.25) is 0 Å². The molecule has 3 aromatic carbocycles. The molecule has 0 saturated heterocycles. The van der Waals surface area contributed by atoms with E-state index >= 15 is 0 Å². The number of nitrogens with zero attached hydrogens (tertiary/aromatic N) is 1. The number of allylic oxidation sites excluding steroid dienone is 1. The molecule has 3 aromatic rings. The van der Waals surface area contributed by atoms with Crippen molar-refractivity contribution in [3.05, 3.63) is 98.2 Å². The predicted molar refractivity (Wildman–Crippen MR) is 112 cm³/mol. The Balaban J connectivity index is 1.87. The van der Waals surface area contributed by atoms with Gasteiger partial charge in [-0.15, -0.1) is 0 Å². The summed E-state index contributed by atoms with van der Waals surface area (Å²) >= 11 is 18.8. The Bertz CT molecular complexity index is 1070. The predicted octanol–water partition coefficient (Wildman–Crippen LogP) is 7.43. The van der Waals surface area contributed by atoms with Gasteiger partial charge in [0.15, 0.2) is 5.75 Å². The molecule has 0 unspecified atom stereocenters. The summed E-state index contributed by atoms with van der Waals surface area (Å²) in [5.74, 6) is -0.0947. The molecule has 6 heteroatoms. The number of ether oxygens (including phenoxy) is 1. The van der Waals surface area contributed by atoms with Crippen LogP contribution >= 0.6 is 34.8 Å². The van der Waals surface area contributed by atoms with Gasteiger partial charge >= 0.3 is 0 Å². The van der Waals surface area contributed by atoms with Crippen LogP contribution in [0.4, 0.5) is 4.39 Å². The molecular weight excluding hydrogens is 420 g/mol. The summed E-state index contributed by atoms with van der Waals surface area (Å²) in [6.45, 7) is 0.209. The van der Waals surface area contributed by atoms with Crippen LogP contribution in [0.2, 0.25) is 15.1 Å². The van der Waals surface area contributed by atoms with Gasteiger partial charge in [-0.3, -0.25) is 0 Å². The quantitative estimate of drug-likeness (QED) is 0.310. The average Bonchev–Trinajstić information content (AvgIpc) is 2.66. The van der Waals surface area contributed by atoms with E-state index in [1.165, 1.54) is 12.1 Å². The first-order chi connectivity index (χ1) is 13.5. The zero-order valence-electron chi connectivity index (χ0n) is 14.4. The SMILES string of the molecule is N#C/C(=C/c1cc(Cl)c(OCc2ccccc2Cl)c(Cl)c1)c1cccc(F)c1. The summed E-state index contributed by atoms with van der Waals surface area (Å²) in [5.41, 5.74) is 2.16. The van der Waals surface area contributed by atoms with E-state index in [0.717, 1.165) is 5.56 Å². The van der Waals surface area contributed by atoms with E-state index in [9.17, 15) is 9.65 Å². The molecule has 0 aliphatic rings. The van der Waals surface area contributed by atoms with Gasteiger partial charge in [0.05, 0.1) is 21.7 Å². The van der Waals surface area contributed by atoms with Gasteiger partial charge in [-0.2, -0.15) is 5.26 Å². The van der Waals surface area contributed by atoms with Gasteiger partial charge in [-0.05, 0) is 47.5 Å². The lowest BCUT2D eigenvalue weighted by Crippen LogP contribution is -1.97. The molecular formula is C22H13Cl3FNO. The van der Waals surface area contributed by atoms with Crippen LogP contribution in [-0.4, -0.2) is 0 Å². The summed E-state index contributed by atoms with van der Waals surface area (Å²) in [6, 6.07) is 18.4. The molecule has 0 radical (unpaired) electrons. The van der Waals surface area contributed by atoms with Gasteiger partial charge in [0.1, 0.15) is 12.4 Å². The second kappa shape index (κ2) is 9.12. The van der Waals surface area contributed by atoms with E-state index in [1.807, 2.05) is 18.2 Å². The minimum Gasteiger partial charge on any atom is -0.486 e. The third kappa shape index (κ3) is 4.85. The Morgan fingerprint density at radius 1 is 0.964 bits per heavy atom. The van der Waals surface area contributed by atoms with E-state index in [1.54, 1.807) is 36.4 Å². The first-order valence-electron chi connectivity index (χ1n) is 8.21. The molecule has 0 aliphatic carbocycles. The summed E-state index contributed by atoms with van der Waals surface area (Å²) in [6.07, 6.45) is 1.59. The molecule has 0 saturated carbocycles. The average molecular weight is 433 g/mol. The first-order valence-corrected chi connectivity index (χ1v) is 9.34. The van der Waals surface area contributed by atoms with Gasteiger partial charge < -0.3 is 4.74 Å². The second-order valence-corrected chi connectivity index (χ2v) is 7.10. The van der Waals surface area contributed by atoms with Crippen LogP contribution in [0.1, 0.15) is 16.7 Å². The highest BCUT2D eigenvalue weighted by molar-refractivity contribution is 6.37. The lowest BCUT2D eigenvalue weighted by molar-refractivity contribution is 0.306. The van der Waals surface area contributed by atoms with Crippen molar-refractivity contribution >= 4 is 46.5 Å². The maximum absolute atomic E-state index is 13.4. The highest BCUT2D eigenvalue weighted by Crippen LogP contribution is 2.36. The number of nitriles is 1. The standard InChI is InChI=1S/C22H13Cl3FNO/c23-19-7-2-1-4-16(19)13-28-22-20(24)9-14(10-21(22)25)8-17(12-27)15-5-3-6-18(26)11-15/h1-11H,13H2/b17-8-. The van der Waals surface area contributed by atoms with Crippen molar-refractivity contribution in [1.29, 1.82) is 5.26 Å². The molecule has 0 fully saturated rings. The van der Waals surface area contributed by atoms with Crippen LogP contribution in [0.15, 0.2) is 60.7 Å². The van der Waals surface area contributed by atoms with E-state index in [-0.39, 0.29) is 12.2 Å². The smallest absolute Gasteiger partial charge is 0.157 e. The number of hydrogen-bond donors (Lipinski definition) is 0. The van der Waals surface area contributed by atoms with E-state index in [4.69, 9.17) is 39.5 Å². The molecule has 0 heterocycles. The van der Waals surface area contributed by atoms with E-state index in [0.29, 0.717) is 31.9 Å². The zero-order chi connectivity index (χ0) is 20.1. The molecule has 0 N–H and O–H groups in total. The summed E-state index contributed by atoms with van der Waals surface area (Å²) in [5, 5.41) is 10.6. The molecule has 0 aromatic heterocycles. The zero-order valence-corrected chi connectivity index (χ0v) is 16.7. The molecule has 28 heavy (non-hydrogen) atoms. The van der Waals surface area contributed by atoms with Crippen molar-refractivity contribution in [1.82, 2.24) is 0 Å².